The highest BCUT2D eigenvalue weighted by Crippen LogP contribution is 2.26. The normalized spacial score (nSPS) is 12.9. The largest absolute Gasteiger partial charge is 0.469 e. The van der Waals surface area contributed by atoms with E-state index in [0.717, 1.165) is 10.5 Å². The van der Waals surface area contributed by atoms with E-state index in [9.17, 15) is 9.59 Å². The smallest absolute Gasteiger partial charge is 0.307 e. The van der Waals surface area contributed by atoms with Gasteiger partial charge in [0.15, 0.2) is 0 Å². The van der Waals surface area contributed by atoms with Gasteiger partial charge in [-0.3, -0.25) is 9.59 Å². The number of amides is 1. The molecule has 4 nitrogen and oxygen atoms in total. The summed E-state index contributed by atoms with van der Waals surface area (Å²) in [4.78, 5) is 25.2. The summed E-state index contributed by atoms with van der Waals surface area (Å²) in [5, 5.41) is 3.28. The number of carbonyl (C=O) groups excluding carboxylic acids is 2. The van der Waals surface area contributed by atoms with Crippen LogP contribution in [-0.4, -0.2) is 24.2 Å². The molecular formula is C19H20ClNO3S. The van der Waals surface area contributed by atoms with Gasteiger partial charge in [-0.05, 0) is 36.8 Å². The predicted octanol–water partition coefficient (Wildman–Crippen LogP) is 4.24. The van der Waals surface area contributed by atoms with Crippen LogP contribution in [0.2, 0.25) is 5.02 Å². The standard InChI is InChI=1S/C19H20ClNO3S/c1-13(25-16-10-8-15(20)9-11-16)19(23)21-17(12-18(22)24-2)14-6-4-3-5-7-14/h3-11,13,17H,12H2,1-2H3,(H,21,23)/t13-,17+/m0/s1. The molecular weight excluding hydrogens is 358 g/mol. The summed E-state index contributed by atoms with van der Waals surface area (Å²) >= 11 is 7.31. The minimum absolute atomic E-state index is 0.0879. The lowest BCUT2D eigenvalue weighted by atomic mass is 10.0. The summed E-state index contributed by atoms with van der Waals surface area (Å²) < 4.78 is 4.74. The molecule has 0 aliphatic rings. The lowest BCUT2D eigenvalue weighted by Gasteiger charge is -2.20. The summed E-state index contributed by atoms with van der Waals surface area (Å²) in [6.07, 6.45) is 0.0879. The summed E-state index contributed by atoms with van der Waals surface area (Å²) in [5.41, 5.74) is 0.866. The van der Waals surface area contributed by atoms with Gasteiger partial charge in [0.2, 0.25) is 5.91 Å². The highest BCUT2D eigenvalue weighted by molar-refractivity contribution is 8.00. The Morgan fingerprint density at radius 3 is 2.36 bits per heavy atom. The van der Waals surface area contributed by atoms with E-state index in [-0.39, 0.29) is 23.5 Å². The third-order valence-electron chi connectivity index (χ3n) is 3.61. The van der Waals surface area contributed by atoms with Crippen LogP contribution in [0, 0.1) is 0 Å². The van der Waals surface area contributed by atoms with Crippen molar-refractivity contribution < 1.29 is 14.3 Å². The second-order valence-corrected chi connectivity index (χ2v) is 7.32. The highest BCUT2D eigenvalue weighted by Gasteiger charge is 2.22. The van der Waals surface area contributed by atoms with Crippen LogP contribution in [0.1, 0.15) is 24.9 Å². The van der Waals surface area contributed by atoms with Crippen molar-refractivity contribution in [1.29, 1.82) is 0 Å². The van der Waals surface area contributed by atoms with E-state index in [2.05, 4.69) is 5.32 Å². The van der Waals surface area contributed by atoms with Gasteiger partial charge in [-0.25, -0.2) is 0 Å². The first-order valence-corrected chi connectivity index (χ1v) is 9.09. The van der Waals surface area contributed by atoms with Crippen molar-refractivity contribution in [2.75, 3.05) is 7.11 Å². The Labute approximate surface area is 156 Å². The van der Waals surface area contributed by atoms with Crippen molar-refractivity contribution in [3.63, 3.8) is 0 Å². The second-order valence-electron chi connectivity index (χ2n) is 5.47. The van der Waals surface area contributed by atoms with Crippen molar-refractivity contribution in [3.8, 4) is 0 Å². The van der Waals surface area contributed by atoms with Gasteiger partial charge in [-0.2, -0.15) is 0 Å². The van der Waals surface area contributed by atoms with E-state index in [1.807, 2.05) is 49.4 Å². The Bertz CT molecular complexity index is 706. The Balaban J connectivity index is 2.04. The van der Waals surface area contributed by atoms with Crippen LogP contribution in [-0.2, 0) is 14.3 Å². The fourth-order valence-corrected chi connectivity index (χ4v) is 3.25. The number of thioether (sulfide) groups is 1. The molecule has 2 aromatic carbocycles. The molecule has 2 atom stereocenters. The molecule has 0 bridgehead atoms. The molecule has 0 aromatic heterocycles. The predicted molar refractivity (Wildman–Crippen MR) is 101 cm³/mol. The van der Waals surface area contributed by atoms with Crippen LogP contribution < -0.4 is 5.32 Å². The summed E-state index contributed by atoms with van der Waals surface area (Å²) in [6.45, 7) is 1.83. The van der Waals surface area contributed by atoms with Crippen molar-refractivity contribution in [3.05, 3.63) is 65.2 Å². The van der Waals surface area contributed by atoms with Crippen LogP contribution in [0.3, 0.4) is 0 Å². The Morgan fingerprint density at radius 1 is 1.12 bits per heavy atom. The van der Waals surface area contributed by atoms with Crippen LogP contribution in [0.15, 0.2) is 59.5 Å². The summed E-state index contributed by atoms with van der Waals surface area (Å²) in [7, 11) is 1.34. The number of esters is 1. The molecule has 0 saturated carbocycles. The fourth-order valence-electron chi connectivity index (χ4n) is 2.25. The lowest BCUT2D eigenvalue weighted by Crippen LogP contribution is -2.35. The monoisotopic (exact) mass is 377 g/mol. The van der Waals surface area contributed by atoms with E-state index < -0.39 is 6.04 Å². The van der Waals surface area contributed by atoms with E-state index in [0.29, 0.717) is 5.02 Å². The molecule has 2 rings (SSSR count). The molecule has 0 aliphatic carbocycles. The number of benzene rings is 2. The zero-order valence-electron chi connectivity index (χ0n) is 14.1. The van der Waals surface area contributed by atoms with E-state index in [4.69, 9.17) is 16.3 Å². The van der Waals surface area contributed by atoms with Gasteiger partial charge in [0.1, 0.15) is 0 Å². The molecule has 6 heteroatoms. The number of nitrogens with one attached hydrogen (secondary N) is 1. The second kappa shape index (κ2) is 9.49. The minimum Gasteiger partial charge on any atom is -0.469 e. The maximum Gasteiger partial charge on any atom is 0.307 e. The molecule has 2 aromatic rings. The molecule has 0 fully saturated rings. The van der Waals surface area contributed by atoms with Gasteiger partial charge in [0.25, 0.3) is 0 Å². The lowest BCUT2D eigenvalue weighted by molar-refractivity contribution is -0.141. The van der Waals surface area contributed by atoms with Gasteiger partial charge >= 0.3 is 5.97 Å². The van der Waals surface area contributed by atoms with Crippen molar-refractivity contribution in [2.45, 2.75) is 29.5 Å². The third kappa shape index (κ3) is 6.11. The SMILES string of the molecule is COC(=O)C[C@@H](NC(=O)[C@H](C)Sc1ccc(Cl)cc1)c1ccccc1. The van der Waals surface area contributed by atoms with E-state index >= 15 is 0 Å². The van der Waals surface area contributed by atoms with E-state index in [1.165, 1.54) is 18.9 Å². The van der Waals surface area contributed by atoms with Gasteiger partial charge in [0, 0.05) is 9.92 Å². The molecule has 0 saturated heterocycles. The van der Waals surface area contributed by atoms with Crippen LogP contribution in [0.5, 0.6) is 0 Å². The molecule has 25 heavy (non-hydrogen) atoms. The fraction of sp³-hybridized carbons (Fsp3) is 0.263. The van der Waals surface area contributed by atoms with Crippen molar-refractivity contribution in [2.24, 2.45) is 0 Å². The Kier molecular flexibility index (Phi) is 7.34. The quantitative estimate of drug-likeness (QED) is 0.579. The zero-order valence-corrected chi connectivity index (χ0v) is 15.6. The maximum atomic E-state index is 12.6. The van der Waals surface area contributed by atoms with Crippen LogP contribution >= 0.6 is 23.4 Å². The average molecular weight is 378 g/mol. The van der Waals surface area contributed by atoms with Crippen molar-refractivity contribution >= 4 is 35.2 Å². The molecule has 0 aliphatic heterocycles. The third-order valence-corrected chi connectivity index (χ3v) is 4.98. The zero-order chi connectivity index (χ0) is 18.2. The van der Waals surface area contributed by atoms with Crippen molar-refractivity contribution in [1.82, 2.24) is 5.32 Å². The molecule has 0 unspecified atom stereocenters. The molecule has 0 radical (unpaired) electrons. The molecule has 1 amide bonds. The Morgan fingerprint density at radius 2 is 1.76 bits per heavy atom. The van der Waals surface area contributed by atoms with Gasteiger partial charge in [-0.15, -0.1) is 11.8 Å². The molecule has 0 heterocycles. The van der Waals surface area contributed by atoms with E-state index in [1.54, 1.807) is 12.1 Å². The number of hydrogen-bond donors (Lipinski definition) is 1. The summed E-state index contributed by atoms with van der Waals surface area (Å²) in [6, 6.07) is 16.3. The highest BCUT2D eigenvalue weighted by atomic mass is 35.5. The number of carbonyl (C=O) groups is 2. The number of rotatable bonds is 7. The minimum atomic E-state index is -0.422. The molecule has 1 N–H and O–H groups in total. The number of ether oxygens (including phenoxy) is 1. The Hall–Kier alpha value is -1.98. The summed E-state index contributed by atoms with van der Waals surface area (Å²) in [5.74, 6) is -0.509. The van der Waals surface area contributed by atoms with Crippen LogP contribution in [0.25, 0.3) is 0 Å². The average Bonchev–Trinajstić information content (AvgIpc) is 2.63. The first-order chi connectivity index (χ1) is 12.0. The van der Waals surface area contributed by atoms with Gasteiger partial charge < -0.3 is 10.1 Å². The molecule has 0 spiro atoms. The first kappa shape index (κ1) is 19.3. The maximum absolute atomic E-state index is 12.6. The number of methoxy groups -OCH3 is 1. The number of halogens is 1. The topological polar surface area (TPSA) is 55.4 Å². The number of hydrogen-bond acceptors (Lipinski definition) is 4. The van der Waals surface area contributed by atoms with Gasteiger partial charge in [-0.1, -0.05) is 41.9 Å². The van der Waals surface area contributed by atoms with Crippen LogP contribution in [0.4, 0.5) is 0 Å². The molecule has 132 valence electrons. The van der Waals surface area contributed by atoms with Gasteiger partial charge in [0.05, 0.1) is 24.8 Å². The first-order valence-electron chi connectivity index (χ1n) is 7.84.